The van der Waals surface area contributed by atoms with E-state index >= 15 is 0 Å². The fraction of sp³-hybridized carbons (Fsp3) is 0.750. The van der Waals surface area contributed by atoms with Crippen LogP contribution in [0.2, 0.25) is 0 Å². The predicted molar refractivity (Wildman–Crippen MR) is 69.8 cm³/mol. The predicted octanol–water partition coefficient (Wildman–Crippen LogP) is 0.491. The van der Waals surface area contributed by atoms with Gasteiger partial charge in [0.15, 0.2) is 0 Å². The number of likely N-dealkylation sites (tertiary alicyclic amines) is 1. The lowest BCUT2D eigenvalue weighted by Crippen LogP contribution is -2.32. The highest BCUT2D eigenvalue weighted by atomic mass is 15.3. The molecule has 1 aliphatic rings. The lowest BCUT2D eigenvalue weighted by Gasteiger charge is -2.20. The maximum Gasteiger partial charge on any atom is 0.145 e. The SMILES string of the molecule is CN(C)C1CCN(CCCn2ccc(N)n2)C1. The van der Waals surface area contributed by atoms with Crippen molar-refractivity contribution in [3.05, 3.63) is 12.3 Å². The first kappa shape index (κ1) is 12.4. The molecule has 1 unspecified atom stereocenters. The normalized spacial score (nSPS) is 21.5. The molecular formula is C12H23N5. The Kier molecular flexibility index (Phi) is 4.02. The zero-order valence-electron chi connectivity index (χ0n) is 10.8. The lowest BCUT2D eigenvalue weighted by atomic mass is 10.2. The molecule has 5 heteroatoms. The molecule has 1 aromatic rings. The van der Waals surface area contributed by atoms with Crippen LogP contribution in [0, 0.1) is 0 Å². The average molecular weight is 237 g/mol. The van der Waals surface area contributed by atoms with Crippen LogP contribution in [-0.2, 0) is 6.54 Å². The standard InChI is InChI=1S/C12H23N5/c1-15(2)11-4-8-16(10-11)6-3-7-17-9-5-12(13)14-17/h5,9,11H,3-4,6-8,10H2,1-2H3,(H2,13,14). The number of aryl methyl sites for hydroxylation is 1. The smallest absolute Gasteiger partial charge is 0.145 e. The Morgan fingerprint density at radius 2 is 2.29 bits per heavy atom. The van der Waals surface area contributed by atoms with Gasteiger partial charge in [0.25, 0.3) is 0 Å². The van der Waals surface area contributed by atoms with E-state index in [1.165, 1.54) is 19.5 Å². The Hall–Kier alpha value is -1.07. The summed E-state index contributed by atoms with van der Waals surface area (Å²) in [4.78, 5) is 4.87. The summed E-state index contributed by atoms with van der Waals surface area (Å²) in [6, 6.07) is 2.58. The second kappa shape index (κ2) is 5.51. The molecule has 1 saturated heterocycles. The van der Waals surface area contributed by atoms with Crippen molar-refractivity contribution in [3.8, 4) is 0 Å². The van der Waals surface area contributed by atoms with E-state index in [1.54, 1.807) is 0 Å². The van der Waals surface area contributed by atoms with Crippen molar-refractivity contribution in [3.63, 3.8) is 0 Å². The summed E-state index contributed by atoms with van der Waals surface area (Å²) in [6.45, 7) is 4.54. The number of nitrogens with zero attached hydrogens (tertiary/aromatic N) is 4. The molecule has 1 aromatic heterocycles. The first-order valence-electron chi connectivity index (χ1n) is 6.33. The summed E-state index contributed by atoms with van der Waals surface area (Å²) < 4.78 is 1.93. The molecule has 0 aliphatic carbocycles. The van der Waals surface area contributed by atoms with Crippen molar-refractivity contribution in [2.45, 2.75) is 25.4 Å². The van der Waals surface area contributed by atoms with E-state index in [0.29, 0.717) is 5.82 Å². The number of rotatable bonds is 5. The number of hydrogen-bond acceptors (Lipinski definition) is 4. The van der Waals surface area contributed by atoms with Crippen LogP contribution in [0.25, 0.3) is 0 Å². The van der Waals surface area contributed by atoms with Crippen LogP contribution < -0.4 is 5.73 Å². The van der Waals surface area contributed by atoms with E-state index in [2.05, 4.69) is 29.0 Å². The molecule has 0 spiro atoms. The summed E-state index contributed by atoms with van der Waals surface area (Å²) in [7, 11) is 4.33. The minimum Gasteiger partial charge on any atom is -0.382 e. The molecule has 0 aromatic carbocycles. The van der Waals surface area contributed by atoms with Gasteiger partial charge < -0.3 is 15.5 Å². The van der Waals surface area contributed by atoms with E-state index in [1.807, 2.05) is 16.9 Å². The van der Waals surface area contributed by atoms with Gasteiger partial charge in [-0.05, 0) is 46.1 Å². The molecule has 17 heavy (non-hydrogen) atoms. The first-order valence-corrected chi connectivity index (χ1v) is 6.33. The maximum atomic E-state index is 5.58. The lowest BCUT2D eigenvalue weighted by molar-refractivity contribution is 0.263. The largest absolute Gasteiger partial charge is 0.382 e. The van der Waals surface area contributed by atoms with Crippen LogP contribution in [0.15, 0.2) is 12.3 Å². The van der Waals surface area contributed by atoms with Gasteiger partial charge >= 0.3 is 0 Å². The van der Waals surface area contributed by atoms with Gasteiger partial charge in [0.05, 0.1) is 0 Å². The van der Waals surface area contributed by atoms with Crippen molar-refractivity contribution in [2.75, 3.05) is 39.5 Å². The van der Waals surface area contributed by atoms with Gasteiger partial charge in [-0.2, -0.15) is 5.10 Å². The molecular weight excluding hydrogens is 214 g/mol. The molecule has 0 saturated carbocycles. The van der Waals surface area contributed by atoms with Gasteiger partial charge in [0.2, 0.25) is 0 Å². The van der Waals surface area contributed by atoms with Crippen LogP contribution >= 0.6 is 0 Å². The molecule has 96 valence electrons. The van der Waals surface area contributed by atoms with Crippen molar-refractivity contribution in [1.82, 2.24) is 19.6 Å². The van der Waals surface area contributed by atoms with E-state index in [4.69, 9.17) is 5.73 Å². The fourth-order valence-electron chi connectivity index (χ4n) is 2.40. The minimum atomic E-state index is 0.610. The van der Waals surface area contributed by atoms with E-state index in [9.17, 15) is 0 Å². The number of aromatic nitrogens is 2. The van der Waals surface area contributed by atoms with Crippen molar-refractivity contribution < 1.29 is 0 Å². The van der Waals surface area contributed by atoms with Crippen LogP contribution in [0.3, 0.4) is 0 Å². The zero-order valence-corrected chi connectivity index (χ0v) is 10.8. The third-order valence-corrected chi connectivity index (χ3v) is 3.50. The average Bonchev–Trinajstić information content (AvgIpc) is 2.88. The van der Waals surface area contributed by atoms with Gasteiger partial charge in [0.1, 0.15) is 5.82 Å². The number of hydrogen-bond donors (Lipinski definition) is 1. The molecule has 0 bridgehead atoms. The van der Waals surface area contributed by atoms with Crippen molar-refractivity contribution in [2.24, 2.45) is 0 Å². The topological polar surface area (TPSA) is 50.3 Å². The summed E-state index contributed by atoms with van der Waals surface area (Å²) >= 11 is 0. The summed E-state index contributed by atoms with van der Waals surface area (Å²) in [5.41, 5.74) is 5.58. The number of anilines is 1. The molecule has 1 atom stereocenters. The Labute approximate surface area is 103 Å². The van der Waals surface area contributed by atoms with E-state index in [-0.39, 0.29) is 0 Å². The van der Waals surface area contributed by atoms with E-state index < -0.39 is 0 Å². The summed E-state index contributed by atoms with van der Waals surface area (Å²) in [5, 5.41) is 4.19. The van der Waals surface area contributed by atoms with Gasteiger partial charge in [-0.1, -0.05) is 0 Å². The highest BCUT2D eigenvalue weighted by molar-refractivity contribution is 5.23. The zero-order chi connectivity index (χ0) is 12.3. The first-order chi connectivity index (χ1) is 8.15. The van der Waals surface area contributed by atoms with Gasteiger partial charge in [-0.3, -0.25) is 4.68 Å². The van der Waals surface area contributed by atoms with Gasteiger partial charge in [0, 0.05) is 25.3 Å². The molecule has 2 N–H and O–H groups in total. The number of nitrogens with two attached hydrogens (primary N) is 1. The van der Waals surface area contributed by atoms with Crippen LogP contribution in [0.5, 0.6) is 0 Å². The van der Waals surface area contributed by atoms with Gasteiger partial charge in [-0.15, -0.1) is 0 Å². The highest BCUT2D eigenvalue weighted by Gasteiger charge is 2.22. The molecule has 0 radical (unpaired) electrons. The van der Waals surface area contributed by atoms with Crippen molar-refractivity contribution in [1.29, 1.82) is 0 Å². The molecule has 2 rings (SSSR count). The van der Waals surface area contributed by atoms with Gasteiger partial charge in [-0.25, -0.2) is 0 Å². The summed E-state index contributed by atoms with van der Waals surface area (Å²) in [5.74, 6) is 0.610. The van der Waals surface area contributed by atoms with E-state index in [0.717, 1.165) is 25.6 Å². The third-order valence-electron chi connectivity index (χ3n) is 3.50. The fourth-order valence-corrected chi connectivity index (χ4v) is 2.40. The quantitative estimate of drug-likeness (QED) is 0.810. The van der Waals surface area contributed by atoms with Crippen LogP contribution in [0.1, 0.15) is 12.8 Å². The Morgan fingerprint density at radius 1 is 1.47 bits per heavy atom. The number of likely N-dealkylation sites (N-methyl/N-ethyl adjacent to an activating group) is 1. The Bertz CT molecular complexity index is 346. The second-order valence-corrected chi connectivity index (χ2v) is 5.06. The number of nitrogen functional groups attached to an aromatic ring is 1. The summed E-state index contributed by atoms with van der Waals surface area (Å²) in [6.07, 6.45) is 4.38. The van der Waals surface area contributed by atoms with Crippen LogP contribution in [-0.4, -0.2) is 59.4 Å². The molecule has 2 heterocycles. The van der Waals surface area contributed by atoms with Crippen LogP contribution in [0.4, 0.5) is 5.82 Å². The Balaban J connectivity index is 1.66. The molecule has 1 fully saturated rings. The van der Waals surface area contributed by atoms with Crippen molar-refractivity contribution >= 4 is 5.82 Å². The third kappa shape index (κ3) is 3.44. The molecule has 1 aliphatic heterocycles. The maximum absolute atomic E-state index is 5.58. The monoisotopic (exact) mass is 237 g/mol. The second-order valence-electron chi connectivity index (χ2n) is 5.06. The molecule has 0 amide bonds. The minimum absolute atomic E-state index is 0.610. The Morgan fingerprint density at radius 3 is 2.88 bits per heavy atom. The molecule has 5 nitrogen and oxygen atoms in total. The highest BCUT2D eigenvalue weighted by Crippen LogP contribution is 2.13.